The van der Waals surface area contributed by atoms with Crippen LogP contribution in [0.1, 0.15) is 12.0 Å². The van der Waals surface area contributed by atoms with Crippen LogP contribution < -0.4 is 0 Å². The van der Waals surface area contributed by atoms with Crippen molar-refractivity contribution in [1.29, 1.82) is 0 Å². The molecule has 2 heteroatoms. The summed E-state index contributed by atoms with van der Waals surface area (Å²) in [4.78, 5) is 2.10. The van der Waals surface area contributed by atoms with Crippen LogP contribution in [-0.2, 0) is 11.3 Å². The fourth-order valence-electron chi connectivity index (χ4n) is 1.24. The topological polar surface area (TPSA) is 12.5 Å². The molecule has 83 valence electrons. The molecule has 0 saturated heterocycles. The Bertz CT molecular complexity index is 258. The van der Waals surface area contributed by atoms with E-state index in [1.54, 1.807) is 0 Å². The molecule has 1 aromatic rings. The van der Waals surface area contributed by atoms with E-state index < -0.39 is 0 Å². The van der Waals surface area contributed by atoms with E-state index in [2.05, 4.69) is 24.0 Å². The van der Waals surface area contributed by atoms with E-state index in [0.717, 1.165) is 13.0 Å². The number of rotatable bonds is 6. The zero-order valence-corrected chi connectivity index (χ0v) is 9.65. The van der Waals surface area contributed by atoms with Crippen LogP contribution in [0.2, 0.25) is 0 Å². The lowest BCUT2D eigenvalue weighted by atomic mass is 10.2. The van der Waals surface area contributed by atoms with Gasteiger partial charge < -0.3 is 9.64 Å². The summed E-state index contributed by atoms with van der Waals surface area (Å²) in [5.74, 6) is 0. The third kappa shape index (κ3) is 4.96. The van der Waals surface area contributed by atoms with Gasteiger partial charge in [0.15, 0.2) is 0 Å². The van der Waals surface area contributed by atoms with Crippen molar-refractivity contribution in [2.24, 2.45) is 0 Å². The lowest BCUT2D eigenvalue weighted by molar-refractivity contribution is 0.105. The fraction of sp³-hybridized carbons (Fsp3) is 0.462. The van der Waals surface area contributed by atoms with Crippen molar-refractivity contribution in [2.45, 2.75) is 19.1 Å². The molecule has 0 aliphatic rings. The van der Waals surface area contributed by atoms with Crippen LogP contribution in [0.25, 0.3) is 0 Å². The molecule has 0 aliphatic heterocycles. The van der Waals surface area contributed by atoms with Crippen molar-refractivity contribution < 1.29 is 4.74 Å². The maximum atomic E-state index is 5.57. The minimum atomic E-state index is 0.334. The number of hydrogen-bond acceptors (Lipinski definition) is 2. The molecule has 1 unspecified atom stereocenters. The van der Waals surface area contributed by atoms with Gasteiger partial charge in [0.1, 0.15) is 0 Å². The Morgan fingerprint density at radius 2 is 1.93 bits per heavy atom. The lowest BCUT2D eigenvalue weighted by Gasteiger charge is -2.19. The molecule has 0 saturated carbocycles. The van der Waals surface area contributed by atoms with E-state index in [9.17, 15) is 0 Å². The molecule has 2 nitrogen and oxygen atoms in total. The molecule has 0 N–H and O–H groups in total. The van der Waals surface area contributed by atoms with Crippen molar-refractivity contribution in [3.8, 4) is 0 Å². The van der Waals surface area contributed by atoms with Crippen LogP contribution in [0.15, 0.2) is 30.3 Å². The van der Waals surface area contributed by atoms with Crippen LogP contribution >= 0.6 is 0 Å². The monoisotopic (exact) mass is 206 g/mol. The molecule has 0 aliphatic carbocycles. The Morgan fingerprint density at radius 1 is 1.27 bits per heavy atom. The van der Waals surface area contributed by atoms with Crippen LogP contribution in [0.3, 0.4) is 0 Å². The van der Waals surface area contributed by atoms with E-state index in [4.69, 9.17) is 4.74 Å². The van der Waals surface area contributed by atoms with Crippen molar-refractivity contribution >= 4 is 0 Å². The van der Waals surface area contributed by atoms with Gasteiger partial charge in [-0.3, -0.25) is 0 Å². The molecule has 0 aromatic heterocycles. The largest absolute Gasteiger partial charge is 0.377 e. The highest BCUT2D eigenvalue weighted by atomic mass is 16.5. The summed E-state index contributed by atoms with van der Waals surface area (Å²) in [5.41, 5.74) is 1.22. The zero-order valence-electron chi connectivity index (χ0n) is 9.65. The number of ether oxygens (including phenoxy) is 1. The number of benzene rings is 1. The normalized spacial score (nSPS) is 13.1. The van der Waals surface area contributed by atoms with Crippen LogP contribution in [0.5, 0.6) is 0 Å². The summed E-state index contributed by atoms with van der Waals surface area (Å²) < 4.78 is 5.57. The smallest absolute Gasteiger partial charge is 0.0716 e. The first-order valence-corrected chi connectivity index (χ1v) is 5.31. The highest BCUT2D eigenvalue weighted by Gasteiger charge is 2.03. The molecular formula is C13H20NO. The van der Waals surface area contributed by atoms with Gasteiger partial charge in [-0.05, 0) is 33.0 Å². The zero-order chi connectivity index (χ0) is 11.1. The van der Waals surface area contributed by atoms with Gasteiger partial charge in [0.05, 0.1) is 6.61 Å². The van der Waals surface area contributed by atoms with Gasteiger partial charge in [-0.25, -0.2) is 0 Å². The van der Waals surface area contributed by atoms with Crippen molar-refractivity contribution in [2.75, 3.05) is 20.7 Å². The Morgan fingerprint density at radius 3 is 2.53 bits per heavy atom. The summed E-state index contributed by atoms with van der Waals surface area (Å²) in [6.07, 6.45) is 0.972. The molecular weight excluding hydrogens is 186 g/mol. The molecule has 0 bridgehead atoms. The summed E-state index contributed by atoms with van der Waals surface area (Å²) in [5, 5.41) is 0. The minimum Gasteiger partial charge on any atom is -0.377 e. The molecule has 0 amide bonds. The molecule has 1 rings (SSSR count). The third-order valence-corrected chi connectivity index (χ3v) is 2.44. The summed E-state index contributed by atoms with van der Waals surface area (Å²) in [7, 11) is 4.07. The highest BCUT2D eigenvalue weighted by molar-refractivity contribution is 5.13. The predicted molar refractivity (Wildman–Crippen MR) is 63.5 cm³/mol. The van der Waals surface area contributed by atoms with Gasteiger partial charge >= 0.3 is 0 Å². The summed E-state index contributed by atoms with van der Waals surface area (Å²) >= 11 is 0. The van der Waals surface area contributed by atoms with E-state index in [1.165, 1.54) is 5.56 Å². The fourth-order valence-corrected chi connectivity index (χ4v) is 1.24. The molecule has 1 radical (unpaired) electrons. The lowest BCUT2D eigenvalue weighted by Crippen LogP contribution is -2.26. The second-order valence-corrected chi connectivity index (χ2v) is 3.94. The van der Waals surface area contributed by atoms with Gasteiger partial charge in [0.25, 0.3) is 0 Å². The van der Waals surface area contributed by atoms with Crippen LogP contribution in [0.4, 0.5) is 0 Å². The van der Waals surface area contributed by atoms with E-state index in [1.807, 2.05) is 32.3 Å². The van der Waals surface area contributed by atoms with Gasteiger partial charge in [-0.2, -0.15) is 0 Å². The van der Waals surface area contributed by atoms with Gasteiger partial charge in [-0.15, -0.1) is 0 Å². The average Bonchev–Trinajstić information content (AvgIpc) is 2.25. The highest BCUT2D eigenvalue weighted by Crippen LogP contribution is 2.03. The first-order chi connectivity index (χ1) is 7.20. The SMILES string of the molecule is [CH2]C(CCOCc1ccccc1)N(C)C. The van der Waals surface area contributed by atoms with E-state index in [0.29, 0.717) is 12.6 Å². The second kappa shape index (κ2) is 6.59. The Kier molecular flexibility index (Phi) is 5.37. The molecule has 15 heavy (non-hydrogen) atoms. The quantitative estimate of drug-likeness (QED) is 0.662. The maximum Gasteiger partial charge on any atom is 0.0716 e. The standard InChI is InChI=1S/C13H20NO/c1-12(14(2)3)9-10-15-11-13-7-5-4-6-8-13/h4-8,12H,1,9-11H2,2-3H3. The summed E-state index contributed by atoms with van der Waals surface area (Å²) in [6.45, 7) is 5.49. The average molecular weight is 206 g/mol. The Labute approximate surface area is 92.9 Å². The van der Waals surface area contributed by atoms with Crippen molar-refractivity contribution in [3.05, 3.63) is 42.8 Å². The van der Waals surface area contributed by atoms with Crippen LogP contribution in [-0.4, -0.2) is 31.6 Å². The van der Waals surface area contributed by atoms with Gasteiger partial charge in [0, 0.05) is 12.6 Å². The first kappa shape index (κ1) is 12.2. The van der Waals surface area contributed by atoms with Crippen molar-refractivity contribution in [3.63, 3.8) is 0 Å². The van der Waals surface area contributed by atoms with E-state index >= 15 is 0 Å². The number of nitrogens with zero attached hydrogens (tertiary/aromatic N) is 1. The molecule has 0 heterocycles. The van der Waals surface area contributed by atoms with Gasteiger partial charge in [0.2, 0.25) is 0 Å². The Balaban J connectivity index is 2.12. The number of hydrogen-bond donors (Lipinski definition) is 0. The molecule has 0 spiro atoms. The second-order valence-electron chi connectivity index (χ2n) is 3.94. The maximum absolute atomic E-state index is 5.57. The first-order valence-electron chi connectivity index (χ1n) is 5.31. The third-order valence-electron chi connectivity index (χ3n) is 2.44. The van der Waals surface area contributed by atoms with E-state index in [-0.39, 0.29) is 0 Å². The molecule has 1 aromatic carbocycles. The Hall–Kier alpha value is -0.860. The predicted octanol–water partition coefficient (Wildman–Crippen LogP) is 2.36. The van der Waals surface area contributed by atoms with Crippen LogP contribution in [0, 0.1) is 6.92 Å². The van der Waals surface area contributed by atoms with Crippen molar-refractivity contribution in [1.82, 2.24) is 4.90 Å². The minimum absolute atomic E-state index is 0.334. The molecule has 1 atom stereocenters. The molecule has 0 fully saturated rings. The summed E-state index contributed by atoms with van der Waals surface area (Å²) in [6, 6.07) is 10.6. The van der Waals surface area contributed by atoms with Gasteiger partial charge in [-0.1, -0.05) is 30.3 Å².